The van der Waals surface area contributed by atoms with Crippen LogP contribution in [0.3, 0.4) is 0 Å². The van der Waals surface area contributed by atoms with Gasteiger partial charge in [-0.3, -0.25) is 43.2 Å². The van der Waals surface area contributed by atoms with Crippen molar-refractivity contribution in [2.75, 3.05) is 70.2 Å². The normalized spacial score (nSPS) is 25.3. The van der Waals surface area contributed by atoms with E-state index in [4.69, 9.17) is 36.3 Å². The van der Waals surface area contributed by atoms with Gasteiger partial charge < -0.3 is 108 Å². The topological polar surface area (TPSA) is 462 Å². The number of hydrogen-bond acceptors (Lipinski definition) is 25. The summed E-state index contributed by atoms with van der Waals surface area (Å²) in [5, 5.41) is 70.3. The van der Waals surface area contributed by atoms with Crippen LogP contribution in [0.2, 0.25) is 5.02 Å². The monoisotopic (exact) mass is 1830 g/mol. The number of hydrogen-bond donors (Lipinski definition) is 15. The first kappa shape index (κ1) is 101. The predicted octanol–water partition coefficient (Wildman–Crippen LogP) is 5.42. The number of para-hydroxylation sites is 1. The molecule has 10 amide bonds. The number of carbonyl (C=O) groups excluding carboxylic acids is 11. The van der Waals surface area contributed by atoms with Crippen molar-refractivity contribution in [3.8, 4) is 5.75 Å². The third kappa shape index (κ3) is 30.4. The Morgan fingerprint density at radius 3 is 2.13 bits per heavy atom. The molecule has 5 aromatic rings. The molecule has 4 aromatic carbocycles. The van der Waals surface area contributed by atoms with Gasteiger partial charge in [0.25, 0.3) is 0 Å². The van der Waals surface area contributed by atoms with E-state index in [1.807, 2.05) is 86.7 Å². The number of likely N-dealkylation sites (N-methyl/N-ethyl adjacent to an activating group) is 1. The number of aromatic amines is 1. The molecule has 684 valence electrons. The van der Waals surface area contributed by atoms with Gasteiger partial charge in [-0.25, -0.2) is 9.59 Å². The summed E-state index contributed by atoms with van der Waals surface area (Å²) >= 11 is 6.90. The van der Waals surface area contributed by atoms with Gasteiger partial charge in [0.15, 0.2) is 0 Å². The minimum Gasteiger partial charge on any atom is -0.495 e. The highest BCUT2D eigenvalue weighted by Gasteiger charge is 2.44. The van der Waals surface area contributed by atoms with E-state index in [9.17, 15) is 54.0 Å². The van der Waals surface area contributed by atoms with Crippen LogP contribution in [-0.2, 0) is 87.8 Å². The van der Waals surface area contributed by atoms with Crippen LogP contribution in [0.5, 0.6) is 5.75 Å². The highest BCUT2D eigenvalue weighted by molar-refractivity contribution is 8.77. The molecule has 19 atom stereocenters. The molecule has 0 aliphatic carbocycles. The first-order valence-corrected chi connectivity index (χ1v) is 47.3. The van der Waals surface area contributed by atoms with Crippen LogP contribution < -0.4 is 63.2 Å². The van der Waals surface area contributed by atoms with Gasteiger partial charge in [-0.2, -0.15) is 0 Å². The number of anilines is 1. The van der Waals surface area contributed by atoms with Crippen molar-refractivity contribution in [2.24, 2.45) is 17.6 Å². The zero-order chi connectivity index (χ0) is 91.1. The number of aliphatic hydroxyl groups excluding tert-OH is 4. The van der Waals surface area contributed by atoms with E-state index in [0.717, 1.165) is 49.2 Å². The predicted molar refractivity (Wildman–Crippen MR) is 486 cm³/mol. The molecule has 4 bridgehead atoms. The summed E-state index contributed by atoms with van der Waals surface area (Å²) in [6.45, 7) is 11.2. The lowest BCUT2D eigenvalue weighted by atomic mass is 9.82. The lowest BCUT2D eigenvalue weighted by Gasteiger charge is -2.39. The number of esters is 1. The van der Waals surface area contributed by atoms with Gasteiger partial charge in [-0.05, 0) is 120 Å². The van der Waals surface area contributed by atoms with Crippen molar-refractivity contribution in [3.63, 3.8) is 0 Å². The van der Waals surface area contributed by atoms with E-state index in [-0.39, 0.29) is 73.4 Å². The molecule has 1 aromatic heterocycles. The Morgan fingerprint density at radius 1 is 0.800 bits per heavy atom. The number of nitrogens with two attached hydrogens (primary N) is 1. The fourth-order valence-electron chi connectivity index (χ4n) is 14.6. The molecule has 3 aliphatic heterocycles. The molecule has 0 spiro atoms. The molecule has 3 aliphatic rings. The van der Waals surface area contributed by atoms with Crippen molar-refractivity contribution in [2.45, 2.75) is 221 Å². The summed E-state index contributed by atoms with van der Waals surface area (Å²) in [4.78, 5) is 166. The van der Waals surface area contributed by atoms with E-state index >= 15 is 19.2 Å². The number of halogens is 1. The van der Waals surface area contributed by atoms with Crippen LogP contribution in [0.4, 0.5) is 10.5 Å². The number of aromatic nitrogens is 1. The van der Waals surface area contributed by atoms with E-state index in [1.54, 1.807) is 62.5 Å². The number of H-pyrrole nitrogens is 1. The van der Waals surface area contributed by atoms with Crippen LogP contribution in [0.25, 0.3) is 10.9 Å². The number of unbranched alkanes of at least 4 members (excludes halogenated alkanes) is 1. The first-order chi connectivity index (χ1) is 59.7. The van der Waals surface area contributed by atoms with Crippen LogP contribution in [0.15, 0.2) is 127 Å². The Balaban J connectivity index is 0.984. The fraction of sp³-hybridized carbons (Fsp3) is 0.534. The fourth-order valence-corrected chi connectivity index (χ4v) is 19.6. The van der Waals surface area contributed by atoms with Crippen molar-refractivity contribution in [1.82, 2.24) is 57.7 Å². The van der Waals surface area contributed by atoms with Crippen LogP contribution in [-0.4, -0.2) is 263 Å². The maximum atomic E-state index is 15.4. The molecule has 2 fully saturated rings. The number of nitrogens with one attached hydrogen (secondary N) is 10. The SMILES string of the molecule is COc1cc2cc(c1Cl)N(C)C(=O)CC(OC(=O)[C@H](C)N(C)C(=O)CCSSC(C)CCN[C@H](Cc1ccccc1)C(=O)NC1CSSC[C@@H](C(=O)N[C@H](CO)[C@@H](C)O)NC(=O)[C@H]([C@@H](C)O)NC(=O)[C@H](CCCCN)NC(=O)[C@@H](Cc3c[nH]c4ccccc34)NC(=O)[C@H](Cc3ccccc3)NC1=O)[C@@H](C)[C@@H](O)[C@H](C)[C@@H]1CC(NC(=O)O1)[C@H](OC)/C=C/C=C(\C)C2. The molecule has 32 nitrogen and oxygen atoms in total. The molecular weight excluding hydrogens is 1710 g/mol. The minimum absolute atomic E-state index is 0.000190. The third-order valence-corrected chi connectivity index (χ3v) is 28.3. The Bertz CT molecular complexity index is 4500. The van der Waals surface area contributed by atoms with Crippen LogP contribution >= 0.6 is 54.8 Å². The number of nitrogens with zero attached hydrogens (tertiary/aromatic N) is 2. The highest BCUT2D eigenvalue weighted by Crippen LogP contribution is 2.39. The molecule has 8 rings (SSSR count). The molecule has 2 saturated heterocycles. The molecule has 0 radical (unpaired) electrons. The number of allylic oxidation sites excluding steroid dienone is 3. The number of ether oxygens (including phenoxy) is 4. The molecule has 4 heterocycles. The number of rotatable bonds is 31. The van der Waals surface area contributed by atoms with Gasteiger partial charge in [0.05, 0.1) is 68.4 Å². The molecule has 37 heteroatoms. The van der Waals surface area contributed by atoms with Crippen molar-refractivity contribution in [1.29, 1.82) is 0 Å². The van der Waals surface area contributed by atoms with Gasteiger partial charge in [0.2, 0.25) is 53.2 Å². The number of carbonyl (C=O) groups is 11. The lowest BCUT2D eigenvalue weighted by molar-refractivity contribution is -0.164. The van der Waals surface area contributed by atoms with Gasteiger partial charge in [-0.1, -0.05) is 178 Å². The number of amides is 10. The van der Waals surface area contributed by atoms with E-state index in [0.29, 0.717) is 54.0 Å². The Hall–Kier alpha value is -8.92. The molecule has 4 unspecified atom stereocenters. The first-order valence-electron chi connectivity index (χ1n) is 42.0. The standard InChI is InChI=1S/C88H122ClN13O19S4/c1-49-23-22-31-71(118-10)63-43-72(121-88(117)99-63)51(3)79(108)52(4)73(44-76(107)102(9)70-40-58(37-49)41-74(119-11)77(70)89)120-87(116)53(5)101(8)75(106)33-36-122-125-50(2)32-35-91-64(38-56-24-14-12-15-25-56)81(110)97-68-47-123-124-48-69(85(114)96-67(46-103)54(6)104)98-86(115)78(55(7)105)100-80(109)62(30-20-21-34-90)93-83(112)66(42-59-45-92-61-29-19-18-28-60(59)61)95-82(111)65(94-84(68)113)39-57-26-16-13-17-27-57/h12-19,22-29,31,40-41,45,50-55,62-69,71-73,78-79,91-92,103-105,108H,20-21,30,32-39,42-44,46-48,90H2,1-11H3,(H,93,112)(H,94,113)(H,95,111)(H,96,114)(H,97,110)(H,98,115)(H,99,117)(H,100,109)/b31-22+,49-23+/t50?,51-,52-,53+,54-,55-,62+,63?,64-,65+,66-,67-,68?,69+,71-,72+,73?,78+,79+/m1/s1. The minimum atomic E-state index is -1.73. The maximum absolute atomic E-state index is 15.4. The van der Waals surface area contributed by atoms with Gasteiger partial charge in [0.1, 0.15) is 65.3 Å². The largest absolute Gasteiger partial charge is 0.495 e. The van der Waals surface area contributed by atoms with Crippen molar-refractivity contribution >= 4 is 137 Å². The summed E-state index contributed by atoms with van der Waals surface area (Å²) in [5.74, 6) is -9.16. The number of alkyl carbamates (subject to hydrolysis) is 1. The average Bonchev–Trinajstić information content (AvgIpc) is 1.74. The second-order valence-corrected chi connectivity index (χ2v) is 37.9. The van der Waals surface area contributed by atoms with Gasteiger partial charge >= 0.3 is 12.1 Å². The number of aliphatic hydroxyl groups is 4. The van der Waals surface area contributed by atoms with Crippen LogP contribution in [0, 0.1) is 11.8 Å². The zero-order valence-corrected chi connectivity index (χ0v) is 76.5. The lowest BCUT2D eigenvalue weighted by Crippen LogP contribution is -2.62. The molecular formula is C88H122ClN13O19S4. The summed E-state index contributed by atoms with van der Waals surface area (Å²) in [6, 6.07) is 16.0. The molecule has 16 N–H and O–H groups in total. The highest BCUT2D eigenvalue weighted by atomic mass is 35.5. The number of benzene rings is 4. The average molecular weight is 1830 g/mol. The molecule has 0 saturated carbocycles. The second kappa shape index (κ2) is 50.6. The molecule has 125 heavy (non-hydrogen) atoms. The zero-order valence-electron chi connectivity index (χ0n) is 72.4. The van der Waals surface area contributed by atoms with Gasteiger partial charge in [0, 0.05) is 98.3 Å². The van der Waals surface area contributed by atoms with Crippen LogP contribution in [0.1, 0.15) is 116 Å². The second-order valence-electron chi connectivity index (χ2n) is 32.0. The smallest absolute Gasteiger partial charge is 0.407 e. The Morgan fingerprint density at radius 2 is 1.46 bits per heavy atom. The summed E-state index contributed by atoms with van der Waals surface area (Å²) in [5.41, 5.74) is 10.6. The summed E-state index contributed by atoms with van der Waals surface area (Å²) < 4.78 is 23.5. The van der Waals surface area contributed by atoms with E-state index in [2.05, 4.69) is 52.8 Å². The number of fused-ring (bicyclic) bond motifs is 5. The van der Waals surface area contributed by atoms with E-state index in [1.165, 1.54) is 80.5 Å². The van der Waals surface area contributed by atoms with Crippen molar-refractivity contribution < 1.29 is 92.1 Å². The summed E-state index contributed by atoms with van der Waals surface area (Å²) in [6.07, 6.45) is 1.07. The quantitative estimate of drug-likeness (QED) is 0.0149. The Kier molecular flexibility index (Phi) is 41.1. The number of methoxy groups -OCH3 is 2. The maximum Gasteiger partial charge on any atom is 0.407 e. The van der Waals surface area contributed by atoms with E-state index < -0.39 is 187 Å². The summed E-state index contributed by atoms with van der Waals surface area (Å²) in [7, 11) is 10.9. The third-order valence-electron chi connectivity index (χ3n) is 22.5. The van der Waals surface area contributed by atoms with Crippen molar-refractivity contribution in [3.05, 3.63) is 154 Å². The van der Waals surface area contributed by atoms with Gasteiger partial charge in [-0.15, -0.1) is 0 Å². The Labute approximate surface area is 751 Å².